The minimum absolute atomic E-state index is 0.0532. The van der Waals surface area contributed by atoms with Gasteiger partial charge >= 0.3 is 0 Å². The fourth-order valence-electron chi connectivity index (χ4n) is 1.75. The first-order chi connectivity index (χ1) is 9.79. The van der Waals surface area contributed by atoms with E-state index in [2.05, 4.69) is 4.72 Å². The van der Waals surface area contributed by atoms with E-state index in [-0.39, 0.29) is 16.4 Å². The highest BCUT2D eigenvalue weighted by atomic mass is 35.5. The molecule has 0 radical (unpaired) electrons. The molecule has 0 atom stereocenters. The highest BCUT2D eigenvalue weighted by Crippen LogP contribution is 2.24. The first-order valence-corrected chi connectivity index (χ1v) is 7.84. The molecule has 7 heteroatoms. The standard InChI is InChI=1S/C14H13ClN2O3S/c1-9(18)10-2-5-12(6-3-10)17-21(19,20)14-7-4-11(15)8-13(14)16/h2-8,17H,16H2,1H3. The Labute approximate surface area is 127 Å². The number of Topliss-reactive ketones (excluding diaryl/α,β-unsaturated/α-hetero) is 1. The Hall–Kier alpha value is -2.05. The SMILES string of the molecule is CC(=O)c1ccc(NS(=O)(=O)c2ccc(Cl)cc2N)cc1. The van der Waals surface area contributed by atoms with Crippen LogP contribution in [0.5, 0.6) is 0 Å². The molecular formula is C14H13ClN2O3S. The monoisotopic (exact) mass is 324 g/mol. The Kier molecular flexibility index (Phi) is 4.20. The molecule has 21 heavy (non-hydrogen) atoms. The summed E-state index contributed by atoms with van der Waals surface area (Å²) < 4.78 is 26.9. The van der Waals surface area contributed by atoms with Crippen LogP contribution in [0.4, 0.5) is 11.4 Å². The second-order valence-corrected chi connectivity index (χ2v) is 6.51. The van der Waals surface area contributed by atoms with Gasteiger partial charge in [-0.05, 0) is 49.4 Å². The summed E-state index contributed by atoms with van der Waals surface area (Å²) in [5.74, 6) is -0.0913. The third-order valence-corrected chi connectivity index (χ3v) is 4.50. The van der Waals surface area contributed by atoms with E-state index >= 15 is 0 Å². The molecule has 0 saturated heterocycles. The van der Waals surface area contributed by atoms with E-state index in [0.717, 1.165) is 0 Å². The number of hydrogen-bond acceptors (Lipinski definition) is 4. The van der Waals surface area contributed by atoms with Crippen LogP contribution in [0.3, 0.4) is 0 Å². The summed E-state index contributed by atoms with van der Waals surface area (Å²) in [5, 5.41) is 0.359. The van der Waals surface area contributed by atoms with E-state index in [1.54, 1.807) is 12.1 Å². The quantitative estimate of drug-likeness (QED) is 0.668. The lowest BCUT2D eigenvalue weighted by atomic mass is 10.1. The number of carbonyl (C=O) groups is 1. The molecule has 0 amide bonds. The smallest absolute Gasteiger partial charge is 0.263 e. The van der Waals surface area contributed by atoms with E-state index in [1.807, 2.05) is 0 Å². The van der Waals surface area contributed by atoms with Gasteiger partial charge in [-0.25, -0.2) is 8.42 Å². The number of sulfonamides is 1. The van der Waals surface area contributed by atoms with Crippen LogP contribution in [0.25, 0.3) is 0 Å². The van der Waals surface area contributed by atoms with Crippen LogP contribution in [0.15, 0.2) is 47.4 Å². The lowest BCUT2D eigenvalue weighted by Gasteiger charge is -2.10. The Bertz CT molecular complexity index is 786. The Balaban J connectivity index is 2.30. The third-order valence-electron chi connectivity index (χ3n) is 2.80. The maximum atomic E-state index is 12.3. The number of anilines is 2. The summed E-state index contributed by atoms with van der Waals surface area (Å²) in [6, 6.07) is 10.3. The summed E-state index contributed by atoms with van der Waals surface area (Å²) in [4.78, 5) is 11.1. The van der Waals surface area contributed by atoms with Crippen molar-refractivity contribution >= 4 is 38.8 Å². The van der Waals surface area contributed by atoms with Crippen molar-refractivity contribution < 1.29 is 13.2 Å². The molecule has 110 valence electrons. The average Bonchev–Trinajstić information content (AvgIpc) is 2.38. The zero-order chi connectivity index (χ0) is 15.6. The molecule has 0 aliphatic rings. The van der Waals surface area contributed by atoms with E-state index in [9.17, 15) is 13.2 Å². The lowest BCUT2D eigenvalue weighted by Crippen LogP contribution is -2.14. The maximum Gasteiger partial charge on any atom is 0.263 e. The first kappa shape index (κ1) is 15.3. The second-order valence-electron chi connectivity index (χ2n) is 4.42. The average molecular weight is 325 g/mol. The highest BCUT2D eigenvalue weighted by molar-refractivity contribution is 7.92. The molecule has 0 bridgehead atoms. The number of ketones is 1. The van der Waals surface area contributed by atoms with Crippen molar-refractivity contribution in [2.75, 3.05) is 10.5 Å². The van der Waals surface area contributed by atoms with Gasteiger partial charge in [-0.2, -0.15) is 0 Å². The maximum absolute atomic E-state index is 12.3. The van der Waals surface area contributed by atoms with Gasteiger partial charge in [0.1, 0.15) is 4.90 Å². The number of hydrogen-bond donors (Lipinski definition) is 2. The van der Waals surface area contributed by atoms with Gasteiger partial charge in [-0.3, -0.25) is 9.52 Å². The Morgan fingerprint density at radius 1 is 1.14 bits per heavy atom. The Morgan fingerprint density at radius 2 is 1.76 bits per heavy atom. The summed E-state index contributed by atoms with van der Waals surface area (Å²) in [6.45, 7) is 1.44. The number of nitrogens with one attached hydrogen (secondary N) is 1. The molecule has 0 aliphatic heterocycles. The van der Waals surface area contributed by atoms with Gasteiger partial charge < -0.3 is 5.73 Å². The molecule has 0 aromatic heterocycles. The normalized spacial score (nSPS) is 11.1. The van der Waals surface area contributed by atoms with Gasteiger partial charge in [-0.15, -0.1) is 0 Å². The molecule has 0 aliphatic carbocycles. The van der Waals surface area contributed by atoms with Crippen molar-refractivity contribution in [2.24, 2.45) is 0 Å². The first-order valence-electron chi connectivity index (χ1n) is 5.98. The molecule has 2 rings (SSSR count). The Morgan fingerprint density at radius 3 is 2.29 bits per heavy atom. The van der Waals surface area contributed by atoms with E-state index in [4.69, 9.17) is 17.3 Å². The summed E-state index contributed by atoms with van der Waals surface area (Å²) in [5.41, 5.74) is 6.59. The number of nitrogens with two attached hydrogens (primary N) is 1. The zero-order valence-electron chi connectivity index (χ0n) is 11.1. The minimum Gasteiger partial charge on any atom is -0.398 e. The van der Waals surface area contributed by atoms with Crippen molar-refractivity contribution in [3.05, 3.63) is 53.1 Å². The van der Waals surface area contributed by atoms with Gasteiger partial charge in [-0.1, -0.05) is 11.6 Å². The fraction of sp³-hybridized carbons (Fsp3) is 0.0714. The van der Waals surface area contributed by atoms with Gasteiger partial charge in [0.15, 0.2) is 5.78 Å². The molecule has 2 aromatic rings. The van der Waals surface area contributed by atoms with Crippen molar-refractivity contribution in [3.63, 3.8) is 0 Å². The molecule has 0 fully saturated rings. The molecule has 0 heterocycles. The van der Waals surface area contributed by atoms with Crippen molar-refractivity contribution in [1.82, 2.24) is 0 Å². The van der Waals surface area contributed by atoms with E-state index in [0.29, 0.717) is 16.3 Å². The molecule has 3 N–H and O–H groups in total. The second kappa shape index (κ2) is 5.75. The van der Waals surface area contributed by atoms with Crippen LogP contribution in [-0.2, 0) is 10.0 Å². The molecule has 0 saturated carbocycles. The molecule has 0 spiro atoms. The number of rotatable bonds is 4. The number of carbonyl (C=O) groups excluding carboxylic acids is 1. The van der Waals surface area contributed by atoms with Crippen molar-refractivity contribution in [3.8, 4) is 0 Å². The molecular weight excluding hydrogens is 312 g/mol. The highest BCUT2D eigenvalue weighted by Gasteiger charge is 2.17. The molecule has 2 aromatic carbocycles. The van der Waals surface area contributed by atoms with Crippen LogP contribution in [0.2, 0.25) is 5.02 Å². The third kappa shape index (κ3) is 3.53. The number of nitrogen functional groups attached to an aromatic ring is 1. The van der Waals surface area contributed by atoms with Crippen LogP contribution in [0.1, 0.15) is 17.3 Å². The summed E-state index contributed by atoms with van der Waals surface area (Å²) in [7, 11) is -3.81. The van der Waals surface area contributed by atoms with E-state index < -0.39 is 10.0 Å². The van der Waals surface area contributed by atoms with Crippen LogP contribution < -0.4 is 10.5 Å². The van der Waals surface area contributed by atoms with Crippen LogP contribution in [0, 0.1) is 0 Å². The lowest BCUT2D eigenvalue weighted by molar-refractivity contribution is 0.101. The van der Waals surface area contributed by atoms with Gasteiger partial charge in [0, 0.05) is 16.3 Å². The molecule has 5 nitrogen and oxygen atoms in total. The minimum atomic E-state index is -3.81. The topological polar surface area (TPSA) is 89.3 Å². The number of benzene rings is 2. The summed E-state index contributed by atoms with van der Waals surface area (Å²) in [6.07, 6.45) is 0. The van der Waals surface area contributed by atoms with Gasteiger partial charge in [0.25, 0.3) is 10.0 Å². The van der Waals surface area contributed by atoms with Crippen LogP contribution >= 0.6 is 11.6 Å². The van der Waals surface area contributed by atoms with Crippen molar-refractivity contribution in [2.45, 2.75) is 11.8 Å². The summed E-state index contributed by atoms with van der Waals surface area (Å²) >= 11 is 5.75. The van der Waals surface area contributed by atoms with Crippen molar-refractivity contribution in [1.29, 1.82) is 0 Å². The van der Waals surface area contributed by atoms with E-state index in [1.165, 1.54) is 37.3 Å². The predicted molar refractivity (Wildman–Crippen MR) is 83.1 cm³/mol. The van der Waals surface area contributed by atoms with Gasteiger partial charge in [0.2, 0.25) is 0 Å². The zero-order valence-corrected chi connectivity index (χ0v) is 12.7. The number of halogens is 1. The van der Waals surface area contributed by atoms with Gasteiger partial charge in [0.05, 0.1) is 5.69 Å². The van der Waals surface area contributed by atoms with Crippen LogP contribution in [-0.4, -0.2) is 14.2 Å². The fourth-order valence-corrected chi connectivity index (χ4v) is 3.10. The largest absolute Gasteiger partial charge is 0.398 e. The molecule has 0 unspecified atom stereocenters. The predicted octanol–water partition coefficient (Wildman–Crippen LogP) is 2.93.